The van der Waals surface area contributed by atoms with Crippen molar-refractivity contribution in [2.75, 3.05) is 26.1 Å². The van der Waals surface area contributed by atoms with Gasteiger partial charge in [0.15, 0.2) is 11.5 Å². The van der Waals surface area contributed by atoms with E-state index < -0.39 is 12.0 Å². The van der Waals surface area contributed by atoms with Crippen molar-refractivity contribution in [2.24, 2.45) is 0 Å². The first-order valence-corrected chi connectivity index (χ1v) is 6.15. The van der Waals surface area contributed by atoms with Crippen LogP contribution >= 0.6 is 0 Å². The molecule has 0 radical (unpaired) electrons. The zero-order valence-corrected chi connectivity index (χ0v) is 11.7. The first-order chi connectivity index (χ1) is 9.90. The van der Waals surface area contributed by atoms with Crippen LogP contribution in [-0.2, 0) is 6.18 Å². The van der Waals surface area contributed by atoms with Gasteiger partial charge in [0.2, 0.25) is 5.82 Å². The third-order valence-corrected chi connectivity index (χ3v) is 2.80. The van der Waals surface area contributed by atoms with E-state index in [1.807, 2.05) is 0 Å². The van der Waals surface area contributed by atoms with Crippen LogP contribution in [0.2, 0.25) is 0 Å². The number of nitrogens with zero attached hydrogens (tertiary/aromatic N) is 2. The molecule has 0 spiro atoms. The topological polar surface area (TPSA) is 56.3 Å². The van der Waals surface area contributed by atoms with E-state index >= 15 is 0 Å². The van der Waals surface area contributed by atoms with Crippen LogP contribution in [0, 0.1) is 0 Å². The summed E-state index contributed by atoms with van der Waals surface area (Å²) in [6.07, 6.45) is -4.62. The molecule has 0 atom stereocenters. The van der Waals surface area contributed by atoms with Gasteiger partial charge in [-0.25, -0.2) is 9.97 Å². The van der Waals surface area contributed by atoms with Crippen LogP contribution in [0.5, 0.6) is 11.5 Å². The van der Waals surface area contributed by atoms with Gasteiger partial charge in [-0.15, -0.1) is 0 Å². The molecule has 0 bridgehead atoms. The number of anilines is 1. The van der Waals surface area contributed by atoms with Gasteiger partial charge in [0.25, 0.3) is 0 Å². The summed E-state index contributed by atoms with van der Waals surface area (Å²) < 4.78 is 48.8. The fourth-order valence-electron chi connectivity index (χ4n) is 1.88. The summed E-state index contributed by atoms with van der Waals surface area (Å²) in [6, 6.07) is 2.94. The molecular formula is C13H14F3N3O2. The molecule has 1 aromatic carbocycles. The molecule has 2 aromatic rings. The molecule has 0 saturated heterocycles. The summed E-state index contributed by atoms with van der Waals surface area (Å²) in [5.41, 5.74) is 0.130. The van der Waals surface area contributed by atoms with Gasteiger partial charge in [-0.1, -0.05) is 0 Å². The molecule has 0 amide bonds. The van der Waals surface area contributed by atoms with E-state index in [0.29, 0.717) is 23.4 Å². The number of hydrogen-bond acceptors (Lipinski definition) is 5. The largest absolute Gasteiger partial charge is 0.493 e. The molecule has 0 aliphatic rings. The molecule has 0 aliphatic carbocycles. The molecule has 5 nitrogen and oxygen atoms in total. The van der Waals surface area contributed by atoms with Gasteiger partial charge in [-0.3, -0.25) is 0 Å². The highest BCUT2D eigenvalue weighted by atomic mass is 19.4. The van der Waals surface area contributed by atoms with Crippen LogP contribution in [0.3, 0.4) is 0 Å². The molecule has 0 saturated carbocycles. The Labute approximate surface area is 119 Å². The number of hydrogen-bond donors (Lipinski definition) is 1. The number of nitrogens with one attached hydrogen (secondary N) is 1. The highest BCUT2D eigenvalue weighted by Crippen LogP contribution is 2.36. The van der Waals surface area contributed by atoms with Crippen molar-refractivity contribution in [1.29, 1.82) is 0 Å². The number of ether oxygens (including phenoxy) is 2. The van der Waals surface area contributed by atoms with E-state index in [-0.39, 0.29) is 11.3 Å². The third-order valence-electron chi connectivity index (χ3n) is 2.80. The predicted octanol–water partition coefficient (Wildman–Crippen LogP) is 3.10. The minimum atomic E-state index is -4.62. The SMILES string of the molecule is CCNc1nc(C(F)(F)F)nc2cc(OC)c(OC)cc12. The van der Waals surface area contributed by atoms with Crippen LogP contribution in [0.25, 0.3) is 10.9 Å². The van der Waals surface area contributed by atoms with Crippen molar-refractivity contribution < 1.29 is 22.6 Å². The third kappa shape index (κ3) is 2.93. The van der Waals surface area contributed by atoms with Crippen molar-refractivity contribution >= 4 is 16.7 Å². The van der Waals surface area contributed by atoms with E-state index in [1.165, 1.54) is 20.3 Å². The number of alkyl halides is 3. The molecule has 1 N–H and O–H groups in total. The molecule has 0 aliphatic heterocycles. The maximum atomic E-state index is 12.9. The fourth-order valence-corrected chi connectivity index (χ4v) is 1.88. The van der Waals surface area contributed by atoms with Crippen LogP contribution in [0.15, 0.2) is 12.1 Å². The Morgan fingerprint density at radius 1 is 1.10 bits per heavy atom. The number of rotatable bonds is 4. The van der Waals surface area contributed by atoms with Crippen LogP contribution in [0.1, 0.15) is 12.7 Å². The van der Waals surface area contributed by atoms with E-state index in [1.54, 1.807) is 13.0 Å². The Balaban J connectivity index is 2.75. The van der Waals surface area contributed by atoms with E-state index in [9.17, 15) is 13.2 Å². The van der Waals surface area contributed by atoms with Gasteiger partial charge in [0.05, 0.1) is 19.7 Å². The van der Waals surface area contributed by atoms with Crippen molar-refractivity contribution in [3.63, 3.8) is 0 Å². The molecule has 1 heterocycles. The lowest BCUT2D eigenvalue weighted by molar-refractivity contribution is -0.144. The second-order valence-corrected chi connectivity index (χ2v) is 4.15. The fraction of sp³-hybridized carbons (Fsp3) is 0.385. The number of benzene rings is 1. The monoisotopic (exact) mass is 301 g/mol. The molecule has 0 unspecified atom stereocenters. The Bertz CT molecular complexity index is 659. The Morgan fingerprint density at radius 2 is 1.71 bits per heavy atom. The molecule has 2 rings (SSSR count). The maximum Gasteiger partial charge on any atom is 0.451 e. The minimum Gasteiger partial charge on any atom is -0.493 e. The van der Waals surface area contributed by atoms with Crippen molar-refractivity contribution in [2.45, 2.75) is 13.1 Å². The average Bonchev–Trinajstić information content (AvgIpc) is 2.44. The van der Waals surface area contributed by atoms with Gasteiger partial charge < -0.3 is 14.8 Å². The zero-order chi connectivity index (χ0) is 15.6. The van der Waals surface area contributed by atoms with E-state index in [2.05, 4.69) is 15.3 Å². The van der Waals surface area contributed by atoms with Crippen molar-refractivity contribution in [3.05, 3.63) is 18.0 Å². The molecule has 0 fully saturated rings. The van der Waals surface area contributed by atoms with Gasteiger partial charge in [-0.05, 0) is 13.0 Å². The Hall–Kier alpha value is -2.25. The molecule has 21 heavy (non-hydrogen) atoms. The molecule has 114 valence electrons. The summed E-state index contributed by atoms with van der Waals surface area (Å²) in [6.45, 7) is 2.19. The normalized spacial score (nSPS) is 11.5. The lowest BCUT2D eigenvalue weighted by Crippen LogP contribution is -2.13. The lowest BCUT2D eigenvalue weighted by atomic mass is 10.2. The summed E-state index contributed by atoms with van der Waals surface area (Å²) in [7, 11) is 2.85. The van der Waals surface area contributed by atoms with E-state index in [4.69, 9.17) is 9.47 Å². The number of methoxy groups -OCH3 is 2. The highest BCUT2D eigenvalue weighted by Gasteiger charge is 2.35. The van der Waals surface area contributed by atoms with Gasteiger partial charge >= 0.3 is 6.18 Å². The number of aromatic nitrogens is 2. The molecule has 8 heteroatoms. The first-order valence-electron chi connectivity index (χ1n) is 6.15. The average molecular weight is 301 g/mol. The second-order valence-electron chi connectivity index (χ2n) is 4.15. The molecular weight excluding hydrogens is 287 g/mol. The summed E-state index contributed by atoms with van der Waals surface area (Å²) in [5.74, 6) is -0.388. The Kier molecular flexibility index (Phi) is 4.06. The zero-order valence-electron chi connectivity index (χ0n) is 11.7. The van der Waals surface area contributed by atoms with Gasteiger partial charge in [-0.2, -0.15) is 13.2 Å². The second kappa shape index (κ2) is 5.63. The smallest absolute Gasteiger partial charge is 0.451 e. The summed E-state index contributed by atoms with van der Waals surface area (Å²) in [4.78, 5) is 7.11. The first kappa shape index (κ1) is 15.1. The highest BCUT2D eigenvalue weighted by molar-refractivity contribution is 5.91. The van der Waals surface area contributed by atoms with Crippen molar-refractivity contribution in [3.8, 4) is 11.5 Å². The Morgan fingerprint density at radius 3 is 2.24 bits per heavy atom. The standard InChI is InChI=1S/C13H14F3N3O2/c1-4-17-11-7-5-9(20-2)10(21-3)6-8(7)18-12(19-11)13(14,15)16/h5-6H,4H2,1-3H3,(H,17,18,19). The quantitative estimate of drug-likeness (QED) is 0.940. The van der Waals surface area contributed by atoms with Gasteiger partial charge in [0, 0.05) is 18.0 Å². The van der Waals surface area contributed by atoms with Gasteiger partial charge in [0.1, 0.15) is 5.82 Å². The predicted molar refractivity (Wildman–Crippen MR) is 71.8 cm³/mol. The van der Waals surface area contributed by atoms with E-state index in [0.717, 1.165) is 0 Å². The van der Waals surface area contributed by atoms with Crippen LogP contribution in [-0.4, -0.2) is 30.7 Å². The number of halogens is 3. The minimum absolute atomic E-state index is 0.107. The summed E-state index contributed by atoms with van der Waals surface area (Å²) in [5, 5.41) is 3.24. The van der Waals surface area contributed by atoms with Crippen molar-refractivity contribution in [1.82, 2.24) is 9.97 Å². The maximum absolute atomic E-state index is 12.9. The molecule has 1 aromatic heterocycles. The summed E-state index contributed by atoms with van der Waals surface area (Å²) >= 11 is 0. The lowest BCUT2D eigenvalue weighted by Gasteiger charge is -2.14. The number of fused-ring (bicyclic) bond motifs is 1. The van der Waals surface area contributed by atoms with Crippen LogP contribution < -0.4 is 14.8 Å². The van der Waals surface area contributed by atoms with Crippen LogP contribution in [0.4, 0.5) is 19.0 Å².